The molecule has 0 aliphatic heterocycles. The van der Waals surface area contributed by atoms with Gasteiger partial charge in [0.05, 0.1) is 0 Å². The van der Waals surface area contributed by atoms with Crippen molar-refractivity contribution < 1.29 is 4.79 Å². The highest BCUT2D eigenvalue weighted by Gasteiger charge is 2.27. The quantitative estimate of drug-likeness (QED) is 0.356. The summed E-state index contributed by atoms with van der Waals surface area (Å²) in [7, 11) is 0. The van der Waals surface area contributed by atoms with Crippen LogP contribution >= 0.6 is 0 Å². The Kier molecular flexibility index (Phi) is 2.15. The Bertz CT molecular complexity index is 1090. The standard InChI is InChI=1S/C21H12O/c22-21-17-8-4-3-7-16(17)20-18(21)10-9-15-11-13-5-1-2-6-14(13)12-19(15)20/h1-12H. The van der Waals surface area contributed by atoms with Gasteiger partial charge in [0, 0.05) is 16.7 Å². The average Bonchev–Trinajstić information content (AvgIpc) is 2.87. The van der Waals surface area contributed by atoms with Crippen molar-refractivity contribution in [3.05, 3.63) is 83.9 Å². The zero-order chi connectivity index (χ0) is 14.7. The van der Waals surface area contributed by atoms with Gasteiger partial charge >= 0.3 is 0 Å². The van der Waals surface area contributed by atoms with Gasteiger partial charge in [-0.25, -0.2) is 0 Å². The summed E-state index contributed by atoms with van der Waals surface area (Å²) in [6, 6.07) is 24.7. The molecule has 1 aliphatic carbocycles. The molecule has 22 heavy (non-hydrogen) atoms. The molecule has 0 heterocycles. The molecule has 0 radical (unpaired) electrons. The summed E-state index contributed by atoms with van der Waals surface area (Å²) in [5.74, 6) is 0.139. The molecule has 0 spiro atoms. The molecule has 0 saturated heterocycles. The third-order valence-electron chi connectivity index (χ3n) is 4.57. The van der Waals surface area contributed by atoms with E-state index in [-0.39, 0.29) is 5.78 Å². The lowest BCUT2D eigenvalue weighted by atomic mass is 9.95. The number of hydrogen-bond donors (Lipinski definition) is 0. The van der Waals surface area contributed by atoms with E-state index in [2.05, 4.69) is 42.5 Å². The fraction of sp³-hybridized carbons (Fsp3) is 0. The molecule has 4 aromatic carbocycles. The summed E-state index contributed by atoms with van der Waals surface area (Å²) >= 11 is 0. The smallest absolute Gasteiger partial charge is 0.194 e. The number of carbonyl (C=O) groups excluding carboxylic acids is 1. The minimum absolute atomic E-state index is 0.139. The maximum absolute atomic E-state index is 12.6. The maximum Gasteiger partial charge on any atom is 0.194 e. The predicted octanol–water partition coefficient (Wildman–Crippen LogP) is 5.20. The molecule has 1 heteroatoms. The van der Waals surface area contributed by atoms with Crippen molar-refractivity contribution in [3.8, 4) is 11.1 Å². The van der Waals surface area contributed by atoms with Gasteiger partial charge in [0.15, 0.2) is 5.78 Å². The molecule has 4 aromatic rings. The molecule has 0 N–H and O–H groups in total. The van der Waals surface area contributed by atoms with Crippen LogP contribution < -0.4 is 0 Å². The zero-order valence-electron chi connectivity index (χ0n) is 11.8. The number of ketones is 1. The Hall–Kier alpha value is -2.93. The van der Waals surface area contributed by atoms with E-state index in [1.807, 2.05) is 30.3 Å². The minimum Gasteiger partial charge on any atom is -0.289 e. The Labute approximate surface area is 127 Å². The van der Waals surface area contributed by atoms with Gasteiger partial charge in [-0.15, -0.1) is 0 Å². The molecule has 1 nitrogen and oxygen atoms in total. The van der Waals surface area contributed by atoms with Crippen LogP contribution in [-0.2, 0) is 0 Å². The minimum atomic E-state index is 0.139. The molecule has 0 fully saturated rings. The number of hydrogen-bond acceptors (Lipinski definition) is 1. The maximum atomic E-state index is 12.6. The zero-order valence-corrected chi connectivity index (χ0v) is 11.8. The first kappa shape index (κ1) is 11.7. The third kappa shape index (κ3) is 1.40. The van der Waals surface area contributed by atoms with Crippen molar-refractivity contribution in [3.63, 3.8) is 0 Å². The summed E-state index contributed by atoms with van der Waals surface area (Å²) in [4.78, 5) is 12.6. The van der Waals surface area contributed by atoms with Crippen molar-refractivity contribution >= 4 is 27.3 Å². The first-order valence-electron chi connectivity index (χ1n) is 7.42. The van der Waals surface area contributed by atoms with Crippen LogP contribution in [-0.4, -0.2) is 5.78 Å². The molecule has 0 aromatic heterocycles. The predicted molar refractivity (Wildman–Crippen MR) is 90.3 cm³/mol. The monoisotopic (exact) mass is 280 g/mol. The lowest BCUT2D eigenvalue weighted by Crippen LogP contribution is -1.94. The molecule has 5 rings (SSSR count). The van der Waals surface area contributed by atoms with E-state index < -0.39 is 0 Å². The highest BCUT2D eigenvalue weighted by molar-refractivity contribution is 6.26. The summed E-state index contributed by atoms with van der Waals surface area (Å²) in [6.45, 7) is 0. The van der Waals surface area contributed by atoms with Crippen molar-refractivity contribution in [2.75, 3.05) is 0 Å². The van der Waals surface area contributed by atoms with E-state index in [1.165, 1.54) is 16.2 Å². The van der Waals surface area contributed by atoms with E-state index in [4.69, 9.17) is 0 Å². The number of rotatable bonds is 0. The lowest BCUT2D eigenvalue weighted by Gasteiger charge is -2.08. The Morgan fingerprint density at radius 3 is 2.05 bits per heavy atom. The van der Waals surface area contributed by atoms with Crippen LogP contribution in [0.4, 0.5) is 0 Å². The fourth-order valence-corrected chi connectivity index (χ4v) is 3.54. The van der Waals surface area contributed by atoms with E-state index >= 15 is 0 Å². The van der Waals surface area contributed by atoms with Gasteiger partial charge in [0.25, 0.3) is 0 Å². The highest BCUT2D eigenvalue weighted by Crippen LogP contribution is 2.42. The van der Waals surface area contributed by atoms with E-state index in [0.29, 0.717) is 0 Å². The van der Waals surface area contributed by atoms with Crippen molar-refractivity contribution in [1.29, 1.82) is 0 Å². The van der Waals surface area contributed by atoms with Crippen molar-refractivity contribution in [2.45, 2.75) is 0 Å². The second-order valence-corrected chi connectivity index (χ2v) is 5.78. The fourth-order valence-electron chi connectivity index (χ4n) is 3.54. The third-order valence-corrected chi connectivity index (χ3v) is 4.57. The molecule has 0 saturated carbocycles. The van der Waals surface area contributed by atoms with Gasteiger partial charge in [-0.2, -0.15) is 0 Å². The Balaban J connectivity index is 1.99. The normalized spacial score (nSPS) is 12.6. The molecule has 0 bridgehead atoms. The van der Waals surface area contributed by atoms with Gasteiger partial charge in [-0.1, -0.05) is 54.6 Å². The van der Waals surface area contributed by atoms with Crippen molar-refractivity contribution in [2.24, 2.45) is 0 Å². The molecular weight excluding hydrogens is 268 g/mol. The lowest BCUT2D eigenvalue weighted by molar-refractivity contribution is 0.104. The van der Waals surface area contributed by atoms with Gasteiger partial charge in [-0.05, 0) is 45.3 Å². The number of carbonyl (C=O) groups is 1. The van der Waals surface area contributed by atoms with Crippen LogP contribution in [0.5, 0.6) is 0 Å². The van der Waals surface area contributed by atoms with Gasteiger partial charge in [0.2, 0.25) is 0 Å². The summed E-state index contributed by atoms with van der Waals surface area (Å²) in [6.07, 6.45) is 0. The van der Waals surface area contributed by atoms with Crippen LogP contribution in [0.25, 0.3) is 32.7 Å². The van der Waals surface area contributed by atoms with Crippen LogP contribution in [0.15, 0.2) is 72.8 Å². The topological polar surface area (TPSA) is 17.1 Å². The molecule has 102 valence electrons. The first-order chi connectivity index (χ1) is 10.8. The molecule has 0 atom stereocenters. The van der Waals surface area contributed by atoms with E-state index in [1.54, 1.807) is 0 Å². The second kappa shape index (κ2) is 4.05. The van der Waals surface area contributed by atoms with Crippen LogP contribution in [0.2, 0.25) is 0 Å². The van der Waals surface area contributed by atoms with Gasteiger partial charge < -0.3 is 0 Å². The van der Waals surface area contributed by atoms with E-state index in [9.17, 15) is 4.79 Å². The largest absolute Gasteiger partial charge is 0.289 e. The Morgan fingerprint density at radius 2 is 1.23 bits per heavy atom. The molecule has 1 aliphatic rings. The van der Waals surface area contributed by atoms with Crippen LogP contribution in [0, 0.1) is 0 Å². The summed E-state index contributed by atoms with van der Waals surface area (Å²) in [5, 5.41) is 4.78. The van der Waals surface area contributed by atoms with Crippen molar-refractivity contribution in [1.82, 2.24) is 0 Å². The average molecular weight is 280 g/mol. The number of benzene rings is 4. The number of fused-ring (bicyclic) bond motifs is 6. The molecule has 0 unspecified atom stereocenters. The van der Waals surface area contributed by atoms with E-state index in [0.717, 1.165) is 27.6 Å². The summed E-state index contributed by atoms with van der Waals surface area (Å²) in [5.41, 5.74) is 3.79. The van der Waals surface area contributed by atoms with Crippen LogP contribution in [0.1, 0.15) is 15.9 Å². The highest BCUT2D eigenvalue weighted by atomic mass is 16.1. The molecule has 0 amide bonds. The Morgan fingerprint density at radius 1 is 0.545 bits per heavy atom. The van der Waals surface area contributed by atoms with Gasteiger partial charge in [-0.3, -0.25) is 4.79 Å². The molecular formula is C21H12O. The van der Waals surface area contributed by atoms with Crippen LogP contribution in [0.3, 0.4) is 0 Å². The first-order valence-corrected chi connectivity index (χ1v) is 7.42. The summed E-state index contributed by atoms with van der Waals surface area (Å²) < 4.78 is 0. The van der Waals surface area contributed by atoms with Gasteiger partial charge in [0.1, 0.15) is 0 Å². The SMILES string of the molecule is O=C1c2ccccc2-c2c1ccc1cc3ccccc3cc21. The second-order valence-electron chi connectivity index (χ2n) is 5.78.